The highest BCUT2D eigenvalue weighted by atomic mass is 16.3. The Balaban J connectivity index is 2.35. The molecule has 1 rings (SSSR count). The molecule has 2 N–H and O–H groups in total. The second-order valence-electron chi connectivity index (χ2n) is 3.64. The molecule has 0 saturated heterocycles. The van der Waals surface area contributed by atoms with Crippen LogP contribution in [0.5, 0.6) is 0 Å². The van der Waals surface area contributed by atoms with Crippen molar-refractivity contribution in [2.24, 2.45) is 5.92 Å². The summed E-state index contributed by atoms with van der Waals surface area (Å²) in [5.74, 6) is 0.0433. The molecule has 3 heteroatoms. The van der Waals surface area contributed by atoms with Gasteiger partial charge in [-0.05, 0) is 18.1 Å². The summed E-state index contributed by atoms with van der Waals surface area (Å²) in [6.45, 7) is 3.44. The lowest BCUT2D eigenvalue weighted by Gasteiger charge is -2.06. The van der Waals surface area contributed by atoms with E-state index in [2.05, 4.69) is 11.4 Å². The zero-order valence-electron chi connectivity index (χ0n) is 8.90. The van der Waals surface area contributed by atoms with E-state index in [1.165, 1.54) is 0 Å². The number of benzene rings is 1. The summed E-state index contributed by atoms with van der Waals surface area (Å²) < 4.78 is 0. The maximum atomic E-state index is 8.86. The van der Waals surface area contributed by atoms with Gasteiger partial charge in [0.05, 0.1) is 18.6 Å². The predicted molar refractivity (Wildman–Crippen MR) is 58.8 cm³/mol. The Kier molecular flexibility index (Phi) is 4.82. The minimum absolute atomic E-state index is 0.0433. The number of aliphatic hydroxyl groups is 1. The fraction of sp³-hybridized carbons (Fsp3) is 0.417. The third-order valence-electron chi connectivity index (χ3n) is 2.21. The molecule has 0 spiro atoms. The molecule has 0 saturated carbocycles. The second kappa shape index (κ2) is 6.18. The number of hydrogen-bond donors (Lipinski definition) is 2. The molecule has 0 aliphatic rings. The standard InChI is InChI=1S/C12H16N2O/c1-10(6-13)7-14-8-11-2-4-12(9-15)5-3-11/h2-5,10,14-15H,7-9H2,1H3. The van der Waals surface area contributed by atoms with Gasteiger partial charge in [0.25, 0.3) is 0 Å². The highest BCUT2D eigenvalue weighted by molar-refractivity contribution is 5.21. The van der Waals surface area contributed by atoms with Gasteiger partial charge in [-0.15, -0.1) is 0 Å². The number of nitrogens with one attached hydrogen (secondary N) is 1. The molecule has 1 aromatic carbocycles. The number of nitrogens with zero attached hydrogens (tertiary/aromatic N) is 1. The van der Waals surface area contributed by atoms with E-state index < -0.39 is 0 Å². The van der Waals surface area contributed by atoms with E-state index in [1.54, 1.807) is 0 Å². The fourth-order valence-electron chi connectivity index (χ4n) is 1.24. The zero-order valence-corrected chi connectivity index (χ0v) is 8.90. The summed E-state index contributed by atoms with van der Waals surface area (Å²) in [6.07, 6.45) is 0. The third-order valence-corrected chi connectivity index (χ3v) is 2.21. The summed E-state index contributed by atoms with van der Waals surface area (Å²) in [7, 11) is 0. The van der Waals surface area contributed by atoms with Crippen LogP contribution in [0.3, 0.4) is 0 Å². The monoisotopic (exact) mass is 204 g/mol. The first-order valence-corrected chi connectivity index (χ1v) is 5.05. The van der Waals surface area contributed by atoms with Crippen molar-refractivity contribution in [2.45, 2.75) is 20.1 Å². The molecule has 80 valence electrons. The lowest BCUT2D eigenvalue weighted by molar-refractivity contribution is 0.282. The van der Waals surface area contributed by atoms with E-state index >= 15 is 0 Å². The van der Waals surface area contributed by atoms with Gasteiger partial charge in [-0.3, -0.25) is 0 Å². The number of nitriles is 1. The number of aliphatic hydroxyl groups excluding tert-OH is 1. The molecule has 0 aromatic heterocycles. The van der Waals surface area contributed by atoms with Crippen LogP contribution in [0.2, 0.25) is 0 Å². The quantitative estimate of drug-likeness (QED) is 0.762. The minimum Gasteiger partial charge on any atom is -0.392 e. The molecule has 0 aliphatic carbocycles. The molecular weight excluding hydrogens is 188 g/mol. The molecule has 0 bridgehead atoms. The van der Waals surface area contributed by atoms with Crippen LogP contribution in [-0.4, -0.2) is 11.7 Å². The van der Waals surface area contributed by atoms with Crippen molar-refractivity contribution in [1.29, 1.82) is 5.26 Å². The van der Waals surface area contributed by atoms with Crippen LogP contribution >= 0.6 is 0 Å². The lowest BCUT2D eigenvalue weighted by Crippen LogP contribution is -2.19. The number of hydrogen-bond acceptors (Lipinski definition) is 3. The van der Waals surface area contributed by atoms with Crippen LogP contribution in [0.25, 0.3) is 0 Å². The van der Waals surface area contributed by atoms with Gasteiger partial charge >= 0.3 is 0 Å². The molecule has 1 atom stereocenters. The molecule has 0 heterocycles. The summed E-state index contributed by atoms with van der Waals surface area (Å²) >= 11 is 0. The molecular formula is C12H16N2O. The first-order chi connectivity index (χ1) is 7.26. The summed E-state index contributed by atoms with van der Waals surface area (Å²) in [5.41, 5.74) is 2.08. The molecule has 3 nitrogen and oxygen atoms in total. The Morgan fingerprint density at radius 1 is 1.33 bits per heavy atom. The van der Waals surface area contributed by atoms with Crippen molar-refractivity contribution < 1.29 is 5.11 Å². The molecule has 0 amide bonds. The summed E-state index contributed by atoms with van der Waals surface area (Å²) in [6, 6.07) is 9.95. The first kappa shape index (κ1) is 11.7. The Morgan fingerprint density at radius 3 is 2.47 bits per heavy atom. The smallest absolute Gasteiger partial charge is 0.0681 e. The molecule has 1 unspecified atom stereocenters. The largest absolute Gasteiger partial charge is 0.392 e. The molecule has 0 radical (unpaired) electrons. The third kappa shape index (κ3) is 4.11. The van der Waals surface area contributed by atoms with E-state index in [-0.39, 0.29) is 12.5 Å². The Morgan fingerprint density at radius 2 is 1.93 bits per heavy atom. The second-order valence-corrected chi connectivity index (χ2v) is 3.64. The summed E-state index contributed by atoms with van der Waals surface area (Å²) in [4.78, 5) is 0. The van der Waals surface area contributed by atoms with Gasteiger partial charge in [-0.2, -0.15) is 5.26 Å². The van der Waals surface area contributed by atoms with E-state index in [0.717, 1.165) is 17.7 Å². The minimum atomic E-state index is 0.0433. The SMILES string of the molecule is CC(C#N)CNCc1ccc(CO)cc1. The van der Waals surface area contributed by atoms with Crippen LogP contribution in [0.1, 0.15) is 18.1 Å². The van der Waals surface area contributed by atoms with Crippen molar-refractivity contribution in [2.75, 3.05) is 6.54 Å². The van der Waals surface area contributed by atoms with Crippen LogP contribution < -0.4 is 5.32 Å². The summed E-state index contributed by atoms with van der Waals surface area (Å²) in [5, 5.41) is 20.6. The van der Waals surface area contributed by atoms with Gasteiger partial charge in [-0.1, -0.05) is 24.3 Å². The average Bonchev–Trinajstić information content (AvgIpc) is 2.29. The first-order valence-electron chi connectivity index (χ1n) is 5.05. The molecule has 0 fully saturated rings. The van der Waals surface area contributed by atoms with E-state index in [0.29, 0.717) is 6.54 Å². The van der Waals surface area contributed by atoms with Crippen LogP contribution in [0.4, 0.5) is 0 Å². The van der Waals surface area contributed by atoms with Crippen molar-refractivity contribution >= 4 is 0 Å². The maximum absolute atomic E-state index is 8.86. The average molecular weight is 204 g/mol. The van der Waals surface area contributed by atoms with Crippen molar-refractivity contribution in [3.8, 4) is 6.07 Å². The molecule has 15 heavy (non-hydrogen) atoms. The molecule has 0 aliphatic heterocycles. The highest BCUT2D eigenvalue weighted by Gasteiger charge is 1.98. The van der Waals surface area contributed by atoms with Crippen LogP contribution in [-0.2, 0) is 13.2 Å². The molecule has 1 aromatic rings. The van der Waals surface area contributed by atoms with Crippen molar-refractivity contribution in [3.05, 3.63) is 35.4 Å². The van der Waals surface area contributed by atoms with Gasteiger partial charge in [0, 0.05) is 13.1 Å². The van der Waals surface area contributed by atoms with E-state index in [4.69, 9.17) is 10.4 Å². The highest BCUT2D eigenvalue weighted by Crippen LogP contribution is 2.04. The van der Waals surface area contributed by atoms with Gasteiger partial charge in [-0.25, -0.2) is 0 Å². The van der Waals surface area contributed by atoms with Crippen LogP contribution in [0.15, 0.2) is 24.3 Å². The van der Waals surface area contributed by atoms with Crippen LogP contribution in [0, 0.1) is 17.2 Å². The Labute approximate surface area is 90.4 Å². The van der Waals surface area contributed by atoms with Gasteiger partial charge in [0.2, 0.25) is 0 Å². The Bertz CT molecular complexity index is 326. The van der Waals surface area contributed by atoms with E-state index in [1.807, 2.05) is 31.2 Å². The normalized spacial score (nSPS) is 12.1. The lowest BCUT2D eigenvalue weighted by atomic mass is 10.1. The predicted octanol–water partition coefficient (Wildman–Crippen LogP) is 1.43. The zero-order chi connectivity index (χ0) is 11.1. The van der Waals surface area contributed by atoms with Gasteiger partial charge < -0.3 is 10.4 Å². The van der Waals surface area contributed by atoms with Gasteiger partial charge in [0.1, 0.15) is 0 Å². The van der Waals surface area contributed by atoms with Crippen molar-refractivity contribution in [3.63, 3.8) is 0 Å². The fourth-order valence-corrected chi connectivity index (χ4v) is 1.24. The topological polar surface area (TPSA) is 56.0 Å². The Hall–Kier alpha value is -1.37. The van der Waals surface area contributed by atoms with Crippen molar-refractivity contribution in [1.82, 2.24) is 5.32 Å². The van der Waals surface area contributed by atoms with E-state index in [9.17, 15) is 0 Å². The number of rotatable bonds is 5. The maximum Gasteiger partial charge on any atom is 0.0681 e. The van der Waals surface area contributed by atoms with Gasteiger partial charge in [0.15, 0.2) is 0 Å².